The van der Waals surface area contributed by atoms with Gasteiger partial charge < -0.3 is 5.32 Å². The summed E-state index contributed by atoms with van der Waals surface area (Å²) in [6, 6.07) is 6.83. The van der Waals surface area contributed by atoms with Crippen molar-refractivity contribution >= 4 is 32.5 Å². The Bertz CT molecular complexity index is 990. The summed E-state index contributed by atoms with van der Waals surface area (Å²) in [6.07, 6.45) is 0.526. The Kier molecular flexibility index (Phi) is 6.03. The molecule has 0 saturated carbocycles. The van der Waals surface area contributed by atoms with Crippen molar-refractivity contribution in [2.75, 3.05) is 11.9 Å². The number of aromatic nitrogens is 1. The monoisotopic (exact) mass is 436 g/mol. The lowest BCUT2D eigenvalue weighted by Gasteiger charge is -2.26. The molecule has 2 N–H and O–H groups in total. The van der Waals surface area contributed by atoms with Crippen LogP contribution >= 0.6 is 11.3 Å². The van der Waals surface area contributed by atoms with Crippen molar-refractivity contribution in [3.8, 4) is 0 Å². The van der Waals surface area contributed by atoms with Crippen LogP contribution in [0.25, 0.3) is 0 Å². The van der Waals surface area contributed by atoms with Gasteiger partial charge >= 0.3 is 6.03 Å². The number of carbonyl (C=O) groups is 1. The Morgan fingerprint density at radius 3 is 2.45 bits per heavy atom. The van der Waals surface area contributed by atoms with Crippen molar-refractivity contribution in [3.63, 3.8) is 0 Å². The third-order valence-electron chi connectivity index (χ3n) is 4.69. The minimum absolute atomic E-state index is 0.0230. The Hall–Kier alpha value is -1.97. The molecule has 7 nitrogen and oxygen atoms in total. The van der Waals surface area contributed by atoms with E-state index < -0.39 is 10.0 Å². The molecule has 0 radical (unpaired) electrons. The zero-order valence-electron chi connectivity index (χ0n) is 17.4. The molecule has 0 fully saturated rings. The van der Waals surface area contributed by atoms with Crippen LogP contribution in [-0.4, -0.2) is 36.3 Å². The highest BCUT2D eigenvalue weighted by molar-refractivity contribution is 7.89. The predicted octanol–water partition coefficient (Wildman–Crippen LogP) is 3.72. The molecule has 29 heavy (non-hydrogen) atoms. The first-order valence-corrected chi connectivity index (χ1v) is 11.9. The van der Waals surface area contributed by atoms with Crippen LogP contribution in [0, 0.1) is 0 Å². The Balaban J connectivity index is 1.75. The molecule has 3 rings (SSSR count). The van der Waals surface area contributed by atoms with Crippen LogP contribution in [0.15, 0.2) is 29.2 Å². The first kappa shape index (κ1) is 21.7. The van der Waals surface area contributed by atoms with E-state index in [1.807, 2.05) is 26.0 Å². The maximum absolute atomic E-state index is 13.1. The fourth-order valence-corrected chi connectivity index (χ4v) is 5.61. The van der Waals surface area contributed by atoms with Crippen LogP contribution in [0.2, 0.25) is 0 Å². The van der Waals surface area contributed by atoms with E-state index in [9.17, 15) is 13.2 Å². The molecule has 2 aromatic rings. The predicted molar refractivity (Wildman–Crippen MR) is 116 cm³/mol. The molecule has 2 amide bonds. The highest BCUT2D eigenvalue weighted by Crippen LogP contribution is 2.31. The zero-order chi connectivity index (χ0) is 21.4. The maximum atomic E-state index is 13.1. The van der Waals surface area contributed by atoms with Gasteiger partial charge in [0, 0.05) is 23.9 Å². The first-order valence-electron chi connectivity index (χ1n) is 9.63. The molecule has 0 bridgehead atoms. The minimum Gasteiger partial charge on any atom is -0.336 e. The van der Waals surface area contributed by atoms with E-state index >= 15 is 0 Å². The van der Waals surface area contributed by atoms with Crippen LogP contribution in [0.5, 0.6) is 0 Å². The molecule has 158 valence electrons. The highest BCUT2D eigenvalue weighted by atomic mass is 32.2. The van der Waals surface area contributed by atoms with Crippen molar-refractivity contribution < 1.29 is 13.2 Å². The van der Waals surface area contributed by atoms with Gasteiger partial charge in [0.25, 0.3) is 0 Å². The Labute approximate surface area is 176 Å². The van der Waals surface area contributed by atoms with Crippen LogP contribution < -0.4 is 10.6 Å². The van der Waals surface area contributed by atoms with E-state index in [4.69, 9.17) is 0 Å². The second-order valence-electron chi connectivity index (χ2n) is 8.51. The molecule has 0 aliphatic carbocycles. The summed E-state index contributed by atoms with van der Waals surface area (Å²) in [5.41, 5.74) is 1.91. The highest BCUT2D eigenvalue weighted by Gasteiger charge is 2.31. The van der Waals surface area contributed by atoms with E-state index in [0.29, 0.717) is 23.0 Å². The number of carbonyl (C=O) groups excluding carboxylic acids is 1. The lowest BCUT2D eigenvalue weighted by Crippen LogP contribution is -2.35. The molecular weight excluding hydrogens is 408 g/mol. The number of hydrogen-bond donors (Lipinski definition) is 2. The number of urea groups is 1. The number of rotatable bonds is 4. The number of amides is 2. The Morgan fingerprint density at radius 1 is 1.21 bits per heavy atom. The summed E-state index contributed by atoms with van der Waals surface area (Å²) in [5, 5.41) is 5.96. The molecular formula is C20H28N4O3S2. The fraction of sp³-hybridized carbons (Fsp3) is 0.500. The van der Waals surface area contributed by atoms with Gasteiger partial charge in [0.15, 0.2) is 5.13 Å². The smallest absolute Gasteiger partial charge is 0.321 e. The molecule has 1 aliphatic heterocycles. The molecule has 0 unspecified atom stereocenters. The average molecular weight is 437 g/mol. The van der Waals surface area contributed by atoms with Crippen molar-refractivity contribution in [2.24, 2.45) is 0 Å². The number of nitrogens with one attached hydrogen (secondary N) is 2. The van der Waals surface area contributed by atoms with E-state index in [1.54, 1.807) is 12.1 Å². The topological polar surface area (TPSA) is 91.4 Å². The number of nitrogens with zero attached hydrogens (tertiary/aromatic N) is 2. The summed E-state index contributed by atoms with van der Waals surface area (Å²) in [7, 11) is -3.58. The summed E-state index contributed by atoms with van der Waals surface area (Å²) in [5.74, 6) is 0. The minimum atomic E-state index is -3.58. The van der Waals surface area contributed by atoms with Gasteiger partial charge in [-0.05, 0) is 37.0 Å². The second-order valence-corrected chi connectivity index (χ2v) is 11.5. The molecule has 1 aliphatic rings. The van der Waals surface area contributed by atoms with Gasteiger partial charge in [-0.25, -0.2) is 18.2 Å². The number of fused-ring (bicyclic) bond motifs is 1. The van der Waals surface area contributed by atoms with E-state index in [0.717, 1.165) is 16.1 Å². The average Bonchev–Trinajstić information content (AvgIpc) is 3.01. The van der Waals surface area contributed by atoms with E-state index in [-0.39, 0.29) is 24.0 Å². The van der Waals surface area contributed by atoms with Gasteiger partial charge in [0.1, 0.15) is 0 Å². The summed E-state index contributed by atoms with van der Waals surface area (Å²) in [6.45, 7) is 10.7. The van der Waals surface area contributed by atoms with Crippen molar-refractivity contribution in [3.05, 3.63) is 40.4 Å². The van der Waals surface area contributed by atoms with Gasteiger partial charge in [-0.3, -0.25) is 5.32 Å². The number of anilines is 1. The summed E-state index contributed by atoms with van der Waals surface area (Å²) >= 11 is 1.32. The first-order chi connectivity index (χ1) is 13.5. The zero-order valence-corrected chi connectivity index (χ0v) is 19.1. The summed E-state index contributed by atoms with van der Waals surface area (Å²) < 4.78 is 27.7. The van der Waals surface area contributed by atoms with Crippen molar-refractivity contribution in [2.45, 2.75) is 63.9 Å². The third kappa shape index (κ3) is 4.96. The number of thiazole rings is 1. The van der Waals surface area contributed by atoms with Gasteiger partial charge in [0.2, 0.25) is 10.0 Å². The van der Waals surface area contributed by atoms with Crippen LogP contribution in [0.3, 0.4) is 0 Å². The number of sulfonamides is 1. The largest absolute Gasteiger partial charge is 0.336 e. The lowest BCUT2D eigenvalue weighted by atomic mass is 9.87. The van der Waals surface area contributed by atoms with Crippen LogP contribution in [0.1, 0.15) is 50.8 Å². The maximum Gasteiger partial charge on any atom is 0.321 e. The molecule has 9 heteroatoms. The van der Waals surface area contributed by atoms with Gasteiger partial charge in [0.05, 0.1) is 17.1 Å². The quantitative estimate of drug-likeness (QED) is 0.764. The third-order valence-corrected chi connectivity index (χ3v) is 7.55. The lowest BCUT2D eigenvalue weighted by molar-refractivity contribution is 0.250. The van der Waals surface area contributed by atoms with Crippen molar-refractivity contribution in [1.29, 1.82) is 0 Å². The van der Waals surface area contributed by atoms with Gasteiger partial charge in [-0.15, -0.1) is 0 Å². The summed E-state index contributed by atoms with van der Waals surface area (Å²) in [4.78, 5) is 17.5. The molecule has 1 aromatic heterocycles. The van der Waals surface area contributed by atoms with Crippen LogP contribution in [0.4, 0.5) is 9.93 Å². The SMILES string of the molecule is CC(C)NC(=O)Nc1nc2c(s1)CN(S(=O)(=O)c1ccc(C(C)(C)C)cc1)CC2. The molecule has 0 saturated heterocycles. The normalized spacial score (nSPS) is 15.2. The molecule has 0 atom stereocenters. The van der Waals surface area contributed by atoms with Gasteiger partial charge in [-0.1, -0.05) is 44.2 Å². The van der Waals surface area contributed by atoms with E-state index in [1.165, 1.54) is 15.6 Å². The van der Waals surface area contributed by atoms with Gasteiger partial charge in [-0.2, -0.15) is 4.31 Å². The standard InChI is InChI=1S/C20H28N4O3S2/c1-13(2)21-18(25)23-19-22-16-10-11-24(12-17(16)28-19)29(26,27)15-8-6-14(7-9-15)20(3,4)5/h6-9,13H,10-12H2,1-5H3,(H2,21,22,23,25). The Morgan fingerprint density at radius 2 is 1.86 bits per heavy atom. The van der Waals surface area contributed by atoms with Crippen LogP contribution in [-0.2, 0) is 28.4 Å². The second kappa shape index (κ2) is 8.04. The fourth-order valence-electron chi connectivity index (χ4n) is 3.10. The van der Waals surface area contributed by atoms with E-state index in [2.05, 4.69) is 36.4 Å². The molecule has 0 spiro atoms. The number of benzene rings is 1. The van der Waals surface area contributed by atoms with Crippen molar-refractivity contribution in [1.82, 2.24) is 14.6 Å². The molecule has 2 heterocycles. The number of hydrogen-bond acceptors (Lipinski definition) is 5. The molecule has 1 aromatic carbocycles.